The highest BCUT2D eigenvalue weighted by Gasteiger charge is 1.84. The van der Waals surface area contributed by atoms with Crippen LogP contribution in [0.3, 0.4) is 0 Å². The van der Waals surface area contributed by atoms with Gasteiger partial charge in [0.15, 0.2) is 0 Å². The Labute approximate surface area is 87.7 Å². The zero-order chi connectivity index (χ0) is 9.90. The number of rotatable bonds is 0. The summed E-state index contributed by atoms with van der Waals surface area (Å²) >= 11 is 0. The fourth-order valence-corrected chi connectivity index (χ4v) is 1.36. The second-order valence-electron chi connectivity index (χ2n) is 3.47. The van der Waals surface area contributed by atoms with Crippen molar-refractivity contribution in [2.24, 2.45) is 0 Å². The van der Waals surface area contributed by atoms with Gasteiger partial charge in [0, 0.05) is 0 Å². The molecular formula is C14H19. The first kappa shape index (κ1) is 11.0. The van der Waals surface area contributed by atoms with Crippen LogP contribution in [0.25, 0.3) is 0 Å². The third-order valence-corrected chi connectivity index (χ3v) is 2.17. The minimum Gasteiger partial charge on any atom is -0.0845 e. The molecule has 0 nitrogen and oxygen atoms in total. The molecule has 0 bridgehead atoms. The van der Waals surface area contributed by atoms with Gasteiger partial charge in [-0.25, -0.2) is 0 Å². The van der Waals surface area contributed by atoms with Gasteiger partial charge < -0.3 is 0 Å². The lowest BCUT2D eigenvalue weighted by Gasteiger charge is -1.93. The summed E-state index contributed by atoms with van der Waals surface area (Å²) in [7, 11) is 0. The van der Waals surface area contributed by atoms with Gasteiger partial charge in [-0.3, -0.25) is 0 Å². The van der Waals surface area contributed by atoms with Crippen LogP contribution in [0.5, 0.6) is 0 Å². The predicted octanol–water partition coefficient (Wildman–Crippen LogP) is 4.37. The molecule has 0 unspecified atom stereocenters. The second-order valence-corrected chi connectivity index (χ2v) is 3.47. The topological polar surface area (TPSA) is 0 Å². The lowest BCUT2D eigenvalue weighted by molar-refractivity contribution is 0.759. The van der Waals surface area contributed by atoms with Crippen molar-refractivity contribution in [3.63, 3.8) is 0 Å². The highest BCUT2D eigenvalue weighted by Crippen LogP contribution is 2.03. The molecule has 1 aliphatic rings. The summed E-state index contributed by atoms with van der Waals surface area (Å²) in [5.74, 6) is 0. The minimum atomic E-state index is 1.06. The Bertz CT molecular complexity index is 228. The van der Waals surface area contributed by atoms with Gasteiger partial charge >= 0.3 is 0 Å². The average molecular weight is 187 g/mol. The summed E-state index contributed by atoms with van der Waals surface area (Å²) in [6.07, 6.45) is 25.5. The predicted molar refractivity (Wildman–Crippen MR) is 62.9 cm³/mol. The Hall–Kier alpha value is -1.04. The van der Waals surface area contributed by atoms with E-state index >= 15 is 0 Å². The van der Waals surface area contributed by atoms with E-state index < -0.39 is 0 Å². The molecule has 0 amide bonds. The maximum absolute atomic E-state index is 3.32. The molecule has 75 valence electrons. The average Bonchev–Trinajstić information content (AvgIpc) is 2.22. The molecule has 0 aromatic rings. The van der Waals surface area contributed by atoms with E-state index in [0.717, 1.165) is 12.8 Å². The van der Waals surface area contributed by atoms with E-state index in [1.54, 1.807) is 0 Å². The van der Waals surface area contributed by atoms with Crippen molar-refractivity contribution in [3.05, 3.63) is 48.6 Å². The molecular weight excluding hydrogens is 168 g/mol. The van der Waals surface area contributed by atoms with E-state index in [1.165, 1.54) is 25.7 Å². The van der Waals surface area contributed by atoms with Gasteiger partial charge in [0.25, 0.3) is 0 Å². The Kier molecular flexibility index (Phi) is 6.74. The quantitative estimate of drug-likeness (QED) is 0.528. The lowest BCUT2D eigenvalue weighted by atomic mass is 10.1. The van der Waals surface area contributed by atoms with Crippen molar-refractivity contribution in [2.45, 2.75) is 38.5 Å². The minimum absolute atomic E-state index is 1.06. The number of allylic oxidation sites excluding steroid dienone is 8. The van der Waals surface area contributed by atoms with Crippen molar-refractivity contribution < 1.29 is 0 Å². The zero-order valence-corrected chi connectivity index (χ0v) is 8.78. The molecule has 0 N–H and O–H groups in total. The SMILES string of the molecule is [C]1=C/CCCC\C=C/C=C/C=C/CC/1. The van der Waals surface area contributed by atoms with E-state index in [2.05, 4.69) is 48.6 Å². The smallest absolute Gasteiger partial charge is 0.0245 e. The summed E-state index contributed by atoms with van der Waals surface area (Å²) in [5.41, 5.74) is 0. The highest BCUT2D eigenvalue weighted by atomic mass is 13.9. The van der Waals surface area contributed by atoms with Crippen molar-refractivity contribution in [3.8, 4) is 0 Å². The first-order valence-corrected chi connectivity index (χ1v) is 5.53. The molecule has 0 saturated carbocycles. The van der Waals surface area contributed by atoms with Crippen molar-refractivity contribution >= 4 is 0 Å². The van der Waals surface area contributed by atoms with Crippen LogP contribution in [0, 0.1) is 6.08 Å². The van der Waals surface area contributed by atoms with Gasteiger partial charge in [-0.1, -0.05) is 42.5 Å². The Morgan fingerprint density at radius 2 is 1.43 bits per heavy atom. The van der Waals surface area contributed by atoms with Crippen molar-refractivity contribution in [1.29, 1.82) is 0 Å². The lowest BCUT2D eigenvalue weighted by Crippen LogP contribution is -1.73. The molecule has 1 rings (SSSR count). The molecule has 0 atom stereocenters. The monoisotopic (exact) mass is 187 g/mol. The number of hydrogen-bond donors (Lipinski definition) is 0. The van der Waals surface area contributed by atoms with Crippen LogP contribution in [-0.4, -0.2) is 0 Å². The first-order valence-electron chi connectivity index (χ1n) is 5.53. The molecule has 1 aliphatic carbocycles. The van der Waals surface area contributed by atoms with Crippen molar-refractivity contribution in [1.82, 2.24) is 0 Å². The molecule has 0 aromatic heterocycles. The third kappa shape index (κ3) is 6.47. The van der Waals surface area contributed by atoms with Crippen LogP contribution in [0.1, 0.15) is 38.5 Å². The standard InChI is InChI=1S/C14H19/c1-2-4-6-8-10-12-14-13-11-9-7-5-3-1/h1-6,14H,7-11,13H2/b2-1+,5-3-,6-4+,14-12?. The van der Waals surface area contributed by atoms with Gasteiger partial charge in [0.05, 0.1) is 0 Å². The molecule has 0 fully saturated rings. The summed E-state index contributed by atoms with van der Waals surface area (Å²) in [6, 6.07) is 0. The van der Waals surface area contributed by atoms with Crippen LogP contribution in [0.4, 0.5) is 0 Å². The fraction of sp³-hybridized carbons (Fsp3) is 0.429. The summed E-state index contributed by atoms with van der Waals surface area (Å²) in [6.45, 7) is 0. The van der Waals surface area contributed by atoms with E-state index in [-0.39, 0.29) is 0 Å². The van der Waals surface area contributed by atoms with Gasteiger partial charge in [-0.15, -0.1) is 0 Å². The van der Waals surface area contributed by atoms with E-state index in [9.17, 15) is 0 Å². The Morgan fingerprint density at radius 1 is 0.714 bits per heavy atom. The Morgan fingerprint density at radius 3 is 2.29 bits per heavy atom. The maximum Gasteiger partial charge on any atom is -0.0245 e. The number of hydrogen-bond acceptors (Lipinski definition) is 0. The molecule has 0 heteroatoms. The van der Waals surface area contributed by atoms with Crippen molar-refractivity contribution in [2.75, 3.05) is 0 Å². The molecule has 0 heterocycles. The molecule has 14 heavy (non-hydrogen) atoms. The molecule has 0 saturated heterocycles. The summed E-state index contributed by atoms with van der Waals surface area (Å²) in [5, 5.41) is 0. The van der Waals surface area contributed by atoms with E-state index in [0.29, 0.717) is 0 Å². The van der Waals surface area contributed by atoms with Crippen LogP contribution in [0.2, 0.25) is 0 Å². The van der Waals surface area contributed by atoms with E-state index in [1.807, 2.05) is 0 Å². The van der Waals surface area contributed by atoms with Gasteiger partial charge in [0.2, 0.25) is 0 Å². The van der Waals surface area contributed by atoms with Crippen LogP contribution in [-0.2, 0) is 0 Å². The summed E-state index contributed by atoms with van der Waals surface area (Å²) in [4.78, 5) is 0. The van der Waals surface area contributed by atoms with Gasteiger partial charge in [-0.2, -0.15) is 0 Å². The molecule has 0 spiro atoms. The van der Waals surface area contributed by atoms with Gasteiger partial charge in [-0.05, 0) is 44.6 Å². The Balaban J connectivity index is 2.35. The molecule has 1 radical (unpaired) electrons. The zero-order valence-electron chi connectivity index (χ0n) is 8.78. The van der Waals surface area contributed by atoms with Crippen LogP contribution < -0.4 is 0 Å². The second kappa shape index (κ2) is 8.55. The van der Waals surface area contributed by atoms with Gasteiger partial charge in [0.1, 0.15) is 0 Å². The van der Waals surface area contributed by atoms with E-state index in [4.69, 9.17) is 0 Å². The maximum atomic E-state index is 3.32. The fourth-order valence-electron chi connectivity index (χ4n) is 1.36. The van der Waals surface area contributed by atoms with Crippen LogP contribution in [0.15, 0.2) is 42.5 Å². The van der Waals surface area contributed by atoms with Crippen LogP contribution >= 0.6 is 0 Å². The molecule has 0 aromatic carbocycles. The third-order valence-electron chi connectivity index (χ3n) is 2.17. The first-order chi connectivity index (χ1) is 7.00. The summed E-state index contributed by atoms with van der Waals surface area (Å²) < 4.78 is 0. The molecule has 0 aliphatic heterocycles. The normalized spacial score (nSPS) is 28.6. The highest BCUT2D eigenvalue weighted by molar-refractivity contribution is 5.11. The largest absolute Gasteiger partial charge is 0.0845 e.